The van der Waals surface area contributed by atoms with Gasteiger partial charge in [-0.15, -0.1) is 11.3 Å². The maximum absolute atomic E-state index is 13.0. The number of thiophene rings is 1. The molecule has 32 heavy (non-hydrogen) atoms. The highest BCUT2D eigenvalue weighted by Crippen LogP contribution is 2.52. The van der Waals surface area contributed by atoms with Crippen LogP contribution >= 0.6 is 22.9 Å². The van der Waals surface area contributed by atoms with Gasteiger partial charge in [-0.25, -0.2) is 8.42 Å². The zero-order valence-electron chi connectivity index (χ0n) is 16.4. The first-order valence-corrected chi connectivity index (χ1v) is 12.2. The van der Waals surface area contributed by atoms with E-state index in [0.717, 1.165) is 16.9 Å². The molecule has 0 radical (unpaired) electrons. The Bertz CT molecular complexity index is 1300. The van der Waals surface area contributed by atoms with Crippen molar-refractivity contribution >= 4 is 44.9 Å². The molecule has 1 aromatic heterocycles. The topological polar surface area (TPSA) is 126 Å². The third-order valence-electron chi connectivity index (χ3n) is 5.32. The van der Waals surface area contributed by atoms with Crippen molar-refractivity contribution in [3.8, 4) is 10.4 Å². The Hall–Kier alpha value is -2.72. The molecule has 1 N–H and O–H groups in total. The van der Waals surface area contributed by atoms with Crippen molar-refractivity contribution in [2.45, 2.75) is 28.5 Å². The molecule has 2 aromatic carbocycles. The van der Waals surface area contributed by atoms with Crippen molar-refractivity contribution < 1.29 is 28.2 Å². The second-order valence-electron chi connectivity index (χ2n) is 7.54. The molecule has 0 amide bonds. The molecule has 1 aliphatic carbocycles. The number of hydrogen-bond acceptors (Lipinski definition) is 7. The number of sulfonamides is 1. The highest BCUT2D eigenvalue weighted by Gasteiger charge is 2.58. The molecule has 0 saturated heterocycles. The van der Waals surface area contributed by atoms with Crippen LogP contribution in [0.15, 0.2) is 64.9 Å². The van der Waals surface area contributed by atoms with Gasteiger partial charge < -0.3 is 19.8 Å². The summed E-state index contributed by atoms with van der Waals surface area (Å²) in [4.78, 5) is 23.5. The van der Waals surface area contributed by atoms with Crippen LogP contribution in [0, 0.1) is 0 Å². The number of carboxylic acids is 2. The lowest BCUT2D eigenvalue weighted by Gasteiger charge is -2.20. The summed E-state index contributed by atoms with van der Waals surface area (Å²) >= 11 is 6.89. The van der Waals surface area contributed by atoms with Crippen LogP contribution in [0.3, 0.4) is 0 Å². The van der Waals surface area contributed by atoms with Gasteiger partial charge >= 0.3 is 0 Å². The van der Waals surface area contributed by atoms with Crippen LogP contribution < -0.4 is 14.9 Å². The SMILES string of the molecule is O=C([O-])Cc1cccc(C2CC2(NS(=O)(=O)c2ccc(-c3ccc(Cl)cc3)s2)C(=O)[O-])c1. The average Bonchev–Trinajstić information content (AvgIpc) is 3.22. The van der Waals surface area contributed by atoms with Gasteiger partial charge in [0.25, 0.3) is 10.0 Å². The molecule has 2 unspecified atom stereocenters. The fraction of sp³-hybridized carbons (Fsp3) is 0.182. The molecule has 2 atom stereocenters. The molecule has 166 valence electrons. The van der Waals surface area contributed by atoms with Crippen LogP contribution in [0.4, 0.5) is 0 Å². The summed E-state index contributed by atoms with van der Waals surface area (Å²) in [7, 11) is -4.15. The zero-order valence-corrected chi connectivity index (χ0v) is 18.8. The van der Waals surface area contributed by atoms with Gasteiger partial charge in [-0.3, -0.25) is 0 Å². The van der Waals surface area contributed by atoms with E-state index in [4.69, 9.17) is 11.6 Å². The van der Waals surface area contributed by atoms with Crippen molar-refractivity contribution in [2.75, 3.05) is 0 Å². The number of hydrogen-bond donors (Lipinski definition) is 1. The Labute approximate surface area is 193 Å². The molecule has 0 bridgehead atoms. The molecule has 1 heterocycles. The molecule has 10 heteroatoms. The Morgan fingerprint density at radius 2 is 1.81 bits per heavy atom. The number of halogens is 1. The van der Waals surface area contributed by atoms with E-state index in [-0.39, 0.29) is 17.1 Å². The number of nitrogens with one attached hydrogen (secondary N) is 1. The Balaban J connectivity index is 1.58. The number of carbonyl (C=O) groups is 2. The van der Waals surface area contributed by atoms with Gasteiger partial charge in [0, 0.05) is 28.2 Å². The third kappa shape index (κ3) is 4.42. The maximum Gasteiger partial charge on any atom is 0.250 e. The molecular formula is C22H16ClNO6S2-2. The van der Waals surface area contributed by atoms with Gasteiger partial charge in [-0.1, -0.05) is 48.0 Å². The van der Waals surface area contributed by atoms with Gasteiger partial charge in [0.05, 0.1) is 11.5 Å². The second kappa shape index (κ2) is 8.32. The number of rotatable bonds is 8. The largest absolute Gasteiger partial charge is 0.550 e. The van der Waals surface area contributed by atoms with Gasteiger partial charge in [0.1, 0.15) is 4.21 Å². The lowest BCUT2D eigenvalue weighted by atomic mass is 10.0. The van der Waals surface area contributed by atoms with Gasteiger partial charge in [-0.2, -0.15) is 4.72 Å². The summed E-state index contributed by atoms with van der Waals surface area (Å²) in [5.74, 6) is -3.48. The molecule has 3 aromatic rings. The maximum atomic E-state index is 13.0. The average molecular weight is 490 g/mol. The van der Waals surface area contributed by atoms with Crippen molar-refractivity contribution in [3.05, 3.63) is 76.8 Å². The summed E-state index contributed by atoms with van der Waals surface area (Å²) in [5.41, 5.74) is -0.0628. The van der Waals surface area contributed by atoms with E-state index in [1.807, 2.05) is 0 Å². The number of benzene rings is 2. The first kappa shape index (κ1) is 22.5. The highest BCUT2D eigenvalue weighted by molar-refractivity contribution is 7.91. The van der Waals surface area contributed by atoms with E-state index in [0.29, 0.717) is 21.0 Å². The van der Waals surface area contributed by atoms with Crippen LogP contribution in [-0.2, 0) is 26.0 Å². The number of aliphatic carboxylic acids is 2. The highest BCUT2D eigenvalue weighted by atomic mass is 35.5. The molecule has 4 rings (SSSR count). The number of carboxylic acid groups (broad SMARTS) is 2. The first-order valence-electron chi connectivity index (χ1n) is 9.50. The molecule has 7 nitrogen and oxygen atoms in total. The van der Waals surface area contributed by atoms with E-state index in [1.54, 1.807) is 54.6 Å². The molecule has 0 spiro atoms. The summed E-state index contributed by atoms with van der Waals surface area (Å²) in [6.45, 7) is 0. The monoisotopic (exact) mass is 489 g/mol. The van der Waals surface area contributed by atoms with Crippen molar-refractivity contribution in [3.63, 3.8) is 0 Å². The van der Waals surface area contributed by atoms with Crippen LogP contribution in [-0.4, -0.2) is 25.9 Å². The summed E-state index contributed by atoms with van der Waals surface area (Å²) < 4.78 is 28.2. The Morgan fingerprint density at radius 3 is 2.47 bits per heavy atom. The predicted molar refractivity (Wildman–Crippen MR) is 115 cm³/mol. The standard InChI is InChI=1S/C22H18ClNO6S2/c23-16-6-4-14(5-7-16)18-8-9-20(31-18)32(29,30)24-22(21(27)28)12-17(22)15-3-1-2-13(10-15)11-19(25)26/h1-10,17,24H,11-12H2,(H,25,26)(H,27,28)/p-2. The van der Waals surface area contributed by atoms with E-state index in [2.05, 4.69) is 4.72 Å². The molecule has 1 aliphatic rings. The minimum atomic E-state index is -4.15. The lowest BCUT2D eigenvalue weighted by molar-refractivity contribution is -0.310. The van der Waals surface area contributed by atoms with Gasteiger partial charge in [0.15, 0.2) is 0 Å². The number of carbonyl (C=O) groups excluding carboxylic acids is 2. The van der Waals surface area contributed by atoms with Crippen LogP contribution in [0.25, 0.3) is 10.4 Å². The van der Waals surface area contributed by atoms with Crippen molar-refractivity contribution in [1.82, 2.24) is 4.72 Å². The van der Waals surface area contributed by atoms with Gasteiger partial charge in [0.2, 0.25) is 0 Å². The smallest absolute Gasteiger partial charge is 0.250 e. The second-order valence-corrected chi connectivity index (χ2v) is 11.0. The molecule has 1 saturated carbocycles. The van der Waals surface area contributed by atoms with Crippen LogP contribution in [0.5, 0.6) is 0 Å². The van der Waals surface area contributed by atoms with E-state index in [9.17, 15) is 28.2 Å². The Kier molecular flexibility index (Phi) is 5.85. The molecular weight excluding hydrogens is 474 g/mol. The Morgan fingerprint density at radius 1 is 1.09 bits per heavy atom. The summed E-state index contributed by atoms with van der Waals surface area (Å²) in [6, 6.07) is 16.3. The van der Waals surface area contributed by atoms with Crippen LogP contribution in [0.1, 0.15) is 23.5 Å². The third-order valence-corrected chi connectivity index (χ3v) is 8.71. The summed E-state index contributed by atoms with van der Waals surface area (Å²) in [6.07, 6.45) is -0.327. The fourth-order valence-corrected chi connectivity index (χ4v) is 6.49. The molecule has 1 fully saturated rings. The van der Waals surface area contributed by atoms with Crippen molar-refractivity contribution in [1.29, 1.82) is 0 Å². The minimum Gasteiger partial charge on any atom is -0.550 e. The van der Waals surface area contributed by atoms with Crippen molar-refractivity contribution in [2.24, 2.45) is 0 Å². The van der Waals surface area contributed by atoms with E-state index < -0.39 is 33.4 Å². The quantitative estimate of drug-likeness (QED) is 0.508. The van der Waals surface area contributed by atoms with E-state index in [1.165, 1.54) is 6.07 Å². The first-order chi connectivity index (χ1) is 15.1. The minimum absolute atomic E-state index is 0.00124. The van der Waals surface area contributed by atoms with E-state index >= 15 is 0 Å². The molecule has 0 aliphatic heterocycles. The predicted octanol–water partition coefficient (Wildman–Crippen LogP) is 1.32. The lowest BCUT2D eigenvalue weighted by Crippen LogP contribution is -2.51. The fourth-order valence-electron chi connectivity index (χ4n) is 3.66. The van der Waals surface area contributed by atoms with Gasteiger partial charge in [-0.05, 0) is 47.4 Å². The zero-order chi connectivity index (χ0) is 23.1. The summed E-state index contributed by atoms with van der Waals surface area (Å²) in [5, 5.41) is 23.4. The normalized spacial score (nSPS) is 20.1. The van der Waals surface area contributed by atoms with Crippen LogP contribution in [0.2, 0.25) is 5.02 Å².